The fourth-order valence-corrected chi connectivity index (χ4v) is 3.76. The third-order valence-corrected chi connectivity index (χ3v) is 5.28. The number of alkyl halides is 3. The summed E-state index contributed by atoms with van der Waals surface area (Å²) in [5.41, 5.74) is -2.10. The van der Waals surface area contributed by atoms with Crippen LogP contribution in [0.3, 0.4) is 0 Å². The smallest absolute Gasteiger partial charge is 0.320 e. The number of amidine groups is 1. The van der Waals surface area contributed by atoms with E-state index >= 15 is 0 Å². The third-order valence-electron chi connectivity index (χ3n) is 4.52. The lowest BCUT2D eigenvalue weighted by Crippen LogP contribution is -2.57. The first-order valence-corrected chi connectivity index (χ1v) is 9.78. The van der Waals surface area contributed by atoms with Gasteiger partial charge in [0.2, 0.25) is 5.13 Å². The van der Waals surface area contributed by atoms with E-state index in [0.717, 1.165) is 16.2 Å². The summed E-state index contributed by atoms with van der Waals surface area (Å²) in [7, 11) is 0. The molecule has 154 valence electrons. The second-order valence-electron chi connectivity index (χ2n) is 6.64. The van der Waals surface area contributed by atoms with Gasteiger partial charge >= 0.3 is 11.8 Å². The minimum atomic E-state index is -5.00. The number of aliphatic imine (C=N–C) groups is 1. The second kappa shape index (κ2) is 7.52. The van der Waals surface area contributed by atoms with Gasteiger partial charge in [-0.1, -0.05) is 72.0 Å². The van der Waals surface area contributed by atoms with Crippen molar-refractivity contribution in [3.63, 3.8) is 0 Å². The van der Waals surface area contributed by atoms with Crippen molar-refractivity contribution < 1.29 is 18.0 Å². The molecule has 0 saturated heterocycles. The number of carbonyl (C=O) groups excluding carboxylic acids is 1. The highest BCUT2D eigenvalue weighted by atomic mass is 32.1. The van der Waals surface area contributed by atoms with Gasteiger partial charge in [-0.3, -0.25) is 9.69 Å². The average molecular weight is 431 g/mol. The molecule has 0 saturated carbocycles. The molecule has 0 radical (unpaired) electrons. The Morgan fingerprint density at radius 2 is 1.67 bits per heavy atom. The number of nitrogens with zero attached hydrogens (tertiary/aromatic N) is 4. The zero-order valence-corrected chi connectivity index (χ0v) is 16.5. The number of aryl methyl sites for hydroxylation is 1. The predicted molar refractivity (Wildman–Crippen MR) is 107 cm³/mol. The SMILES string of the molecule is Cc1nnc(N[C@]2(C(F)(F)F)N=C(c3ccccc3)N(Cc3ccccc3)C2=O)s1. The molecule has 2 aromatic carbocycles. The number of anilines is 1. The van der Waals surface area contributed by atoms with Crippen molar-refractivity contribution in [2.75, 3.05) is 5.32 Å². The van der Waals surface area contributed by atoms with Crippen molar-refractivity contribution >= 4 is 28.2 Å². The highest BCUT2D eigenvalue weighted by Crippen LogP contribution is 2.41. The lowest BCUT2D eigenvalue weighted by atomic mass is 10.1. The molecule has 0 spiro atoms. The van der Waals surface area contributed by atoms with Crippen molar-refractivity contribution in [1.82, 2.24) is 15.1 Å². The minimum absolute atomic E-state index is 0.0535. The molecule has 30 heavy (non-hydrogen) atoms. The molecule has 0 bridgehead atoms. The molecule has 0 fully saturated rings. The van der Waals surface area contributed by atoms with E-state index in [-0.39, 0.29) is 17.5 Å². The van der Waals surface area contributed by atoms with Gasteiger partial charge in [-0.05, 0) is 12.5 Å². The molecule has 1 N–H and O–H groups in total. The molecule has 1 amide bonds. The first-order chi connectivity index (χ1) is 14.3. The first kappa shape index (κ1) is 20.0. The average Bonchev–Trinajstić information content (AvgIpc) is 3.26. The highest BCUT2D eigenvalue weighted by molar-refractivity contribution is 7.15. The van der Waals surface area contributed by atoms with Gasteiger partial charge in [0, 0.05) is 5.56 Å². The van der Waals surface area contributed by atoms with Gasteiger partial charge in [0.05, 0.1) is 6.54 Å². The topological polar surface area (TPSA) is 70.5 Å². The van der Waals surface area contributed by atoms with Gasteiger partial charge in [0.25, 0.3) is 5.91 Å². The van der Waals surface area contributed by atoms with Crippen molar-refractivity contribution in [2.24, 2.45) is 4.99 Å². The van der Waals surface area contributed by atoms with Crippen LogP contribution in [0.15, 0.2) is 65.7 Å². The molecule has 3 aromatic rings. The summed E-state index contributed by atoms with van der Waals surface area (Å²) in [6.07, 6.45) is -5.00. The van der Waals surface area contributed by atoms with E-state index in [2.05, 4.69) is 20.5 Å². The van der Waals surface area contributed by atoms with Crippen LogP contribution in [-0.4, -0.2) is 38.7 Å². The molecule has 0 unspecified atom stereocenters. The van der Waals surface area contributed by atoms with Crippen LogP contribution in [0.2, 0.25) is 0 Å². The zero-order valence-electron chi connectivity index (χ0n) is 15.7. The summed E-state index contributed by atoms with van der Waals surface area (Å²) in [5.74, 6) is -1.28. The summed E-state index contributed by atoms with van der Waals surface area (Å²) in [6, 6.07) is 17.1. The molecule has 0 aliphatic carbocycles. The van der Waals surface area contributed by atoms with Crippen LogP contribution in [0.4, 0.5) is 18.3 Å². The summed E-state index contributed by atoms with van der Waals surface area (Å²) in [5, 5.41) is 9.98. The van der Waals surface area contributed by atoms with Gasteiger partial charge in [-0.25, -0.2) is 4.99 Å². The summed E-state index contributed by atoms with van der Waals surface area (Å²) in [6.45, 7) is 1.56. The van der Waals surface area contributed by atoms with Gasteiger partial charge < -0.3 is 5.32 Å². The number of hydrogen-bond donors (Lipinski definition) is 1. The van der Waals surface area contributed by atoms with Gasteiger partial charge in [0.1, 0.15) is 10.8 Å². The van der Waals surface area contributed by atoms with Crippen LogP contribution in [-0.2, 0) is 11.3 Å². The van der Waals surface area contributed by atoms with Crippen LogP contribution in [0, 0.1) is 6.92 Å². The van der Waals surface area contributed by atoms with Crippen molar-refractivity contribution in [3.8, 4) is 0 Å². The van der Waals surface area contributed by atoms with E-state index in [1.165, 1.54) is 0 Å². The Morgan fingerprint density at radius 1 is 1.03 bits per heavy atom. The van der Waals surface area contributed by atoms with Crippen LogP contribution in [0.25, 0.3) is 0 Å². The lowest BCUT2D eigenvalue weighted by Gasteiger charge is -2.28. The molecule has 1 aliphatic rings. The van der Waals surface area contributed by atoms with E-state index < -0.39 is 17.7 Å². The molecule has 1 aliphatic heterocycles. The summed E-state index contributed by atoms with van der Waals surface area (Å²) >= 11 is 0.920. The molecular formula is C20H16F3N5OS. The maximum absolute atomic E-state index is 14.3. The van der Waals surface area contributed by atoms with E-state index in [9.17, 15) is 18.0 Å². The van der Waals surface area contributed by atoms with Gasteiger partial charge in [-0.2, -0.15) is 13.2 Å². The molecule has 6 nitrogen and oxygen atoms in total. The van der Waals surface area contributed by atoms with E-state index in [1.54, 1.807) is 67.6 Å². The number of rotatable bonds is 5. The minimum Gasteiger partial charge on any atom is -0.320 e. The van der Waals surface area contributed by atoms with E-state index in [4.69, 9.17) is 0 Å². The predicted octanol–water partition coefficient (Wildman–Crippen LogP) is 4.01. The van der Waals surface area contributed by atoms with E-state index in [1.807, 2.05) is 0 Å². The molecule has 10 heteroatoms. The molecule has 1 aromatic heterocycles. The Hall–Kier alpha value is -3.27. The Balaban J connectivity index is 1.83. The number of amides is 1. The molecule has 1 atom stereocenters. The standard InChI is InChI=1S/C20H16F3N5OS/c1-13-26-27-18(30-13)25-19(20(21,22)23)17(29)28(12-14-8-4-2-5-9-14)16(24-19)15-10-6-3-7-11-15/h2-11H,12H2,1H3,(H,25,27)/t19-/m1/s1. The van der Waals surface area contributed by atoms with Crippen molar-refractivity contribution in [1.29, 1.82) is 0 Å². The lowest BCUT2D eigenvalue weighted by molar-refractivity contribution is -0.185. The van der Waals surface area contributed by atoms with Crippen LogP contribution in [0.1, 0.15) is 16.1 Å². The quantitative estimate of drug-likeness (QED) is 0.663. The Kier molecular flexibility index (Phi) is 5.02. The zero-order chi connectivity index (χ0) is 21.4. The summed E-state index contributed by atoms with van der Waals surface area (Å²) < 4.78 is 42.9. The number of hydrogen-bond acceptors (Lipinski definition) is 6. The van der Waals surface area contributed by atoms with Gasteiger partial charge in [0.15, 0.2) is 0 Å². The number of carbonyl (C=O) groups is 1. The maximum atomic E-state index is 14.3. The van der Waals surface area contributed by atoms with E-state index in [0.29, 0.717) is 16.1 Å². The molecule has 2 heterocycles. The monoisotopic (exact) mass is 431 g/mol. The second-order valence-corrected chi connectivity index (χ2v) is 7.82. The fraction of sp³-hybridized carbons (Fsp3) is 0.200. The first-order valence-electron chi connectivity index (χ1n) is 8.96. The maximum Gasteiger partial charge on any atom is 0.442 e. The fourth-order valence-electron chi connectivity index (χ4n) is 3.12. The third kappa shape index (κ3) is 3.54. The Morgan fingerprint density at radius 3 is 2.23 bits per heavy atom. The Bertz CT molecular complexity index is 1080. The number of benzene rings is 2. The molecule has 4 rings (SSSR count). The number of halogens is 3. The number of aromatic nitrogens is 2. The highest BCUT2D eigenvalue weighted by Gasteiger charge is 2.66. The normalized spacial score (nSPS) is 19.1. The van der Waals surface area contributed by atoms with Crippen LogP contribution in [0.5, 0.6) is 0 Å². The summed E-state index contributed by atoms with van der Waals surface area (Å²) in [4.78, 5) is 18.2. The number of nitrogens with one attached hydrogen (secondary N) is 1. The largest absolute Gasteiger partial charge is 0.442 e. The van der Waals surface area contributed by atoms with Gasteiger partial charge in [-0.15, -0.1) is 10.2 Å². The van der Waals surface area contributed by atoms with Crippen LogP contribution >= 0.6 is 11.3 Å². The van der Waals surface area contributed by atoms with Crippen molar-refractivity contribution in [3.05, 3.63) is 76.8 Å². The Labute approximate surface area is 174 Å². The molecular weight excluding hydrogens is 415 g/mol. The van der Waals surface area contributed by atoms with Crippen LogP contribution < -0.4 is 5.32 Å². The van der Waals surface area contributed by atoms with Crippen molar-refractivity contribution in [2.45, 2.75) is 25.3 Å².